The molecule has 0 radical (unpaired) electrons. The molecule has 0 fully saturated rings. The lowest BCUT2D eigenvalue weighted by atomic mass is 10.2. The van der Waals surface area contributed by atoms with Crippen molar-refractivity contribution in [2.45, 2.75) is 0 Å². The summed E-state index contributed by atoms with van der Waals surface area (Å²) in [5, 5.41) is 1.02. The Labute approximate surface area is 109 Å². The summed E-state index contributed by atoms with van der Waals surface area (Å²) >= 11 is 11.7. The third kappa shape index (κ3) is 3.29. The number of hydrogen-bond donors (Lipinski definition) is 0. The van der Waals surface area contributed by atoms with Gasteiger partial charge in [0.05, 0.1) is 10.7 Å². The quantitative estimate of drug-likeness (QED) is 0.688. The molecule has 2 aromatic carbocycles. The van der Waals surface area contributed by atoms with Crippen LogP contribution in [0.25, 0.3) is 0 Å². The molecule has 0 bridgehead atoms. The largest absolute Gasteiger partial charge is 0.255 e. The van der Waals surface area contributed by atoms with E-state index in [1.807, 2.05) is 0 Å². The van der Waals surface area contributed by atoms with Crippen LogP contribution in [0, 0.1) is 5.82 Å². The van der Waals surface area contributed by atoms with E-state index in [-0.39, 0.29) is 5.82 Å². The smallest absolute Gasteiger partial charge is 0.123 e. The molecule has 2 aromatic rings. The van der Waals surface area contributed by atoms with Crippen LogP contribution in [0.15, 0.2) is 47.5 Å². The third-order valence-electron chi connectivity index (χ3n) is 2.11. The first-order chi connectivity index (χ1) is 8.15. The van der Waals surface area contributed by atoms with Gasteiger partial charge >= 0.3 is 0 Å². The van der Waals surface area contributed by atoms with Gasteiger partial charge in [-0.05, 0) is 35.9 Å². The van der Waals surface area contributed by atoms with Crippen LogP contribution in [0.1, 0.15) is 5.56 Å². The molecule has 0 aliphatic carbocycles. The van der Waals surface area contributed by atoms with Gasteiger partial charge < -0.3 is 0 Å². The molecule has 17 heavy (non-hydrogen) atoms. The van der Waals surface area contributed by atoms with Gasteiger partial charge in [0.1, 0.15) is 5.82 Å². The molecule has 0 atom stereocenters. The first-order valence-corrected chi connectivity index (χ1v) is 5.65. The summed E-state index contributed by atoms with van der Waals surface area (Å²) in [6, 6.07) is 11.2. The van der Waals surface area contributed by atoms with Gasteiger partial charge in [-0.2, -0.15) is 0 Å². The molecule has 1 nitrogen and oxygen atoms in total. The van der Waals surface area contributed by atoms with Gasteiger partial charge in [-0.3, -0.25) is 4.99 Å². The zero-order valence-electron chi connectivity index (χ0n) is 8.70. The third-order valence-corrected chi connectivity index (χ3v) is 2.65. The monoisotopic (exact) mass is 267 g/mol. The maximum absolute atomic E-state index is 12.9. The lowest BCUT2D eigenvalue weighted by molar-refractivity contribution is 0.627. The van der Waals surface area contributed by atoms with Gasteiger partial charge in [0, 0.05) is 11.2 Å². The Morgan fingerprint density at radius 3 is 2.59 bits per heavy atom. The summed E-state index contributed by atoms with van der Waals surface area (Å²) in [6.07, 6.45) is 1.55. The number of aliphatic imine (C=N–C) groups is 1. The minimum absolute atomic E-state index is 0.295. The Bertz CT molecular complexity index is 567. The van der Waals surface area contributed by atoms with E-state index in [1.165, 1.54) is 12.1 Å². The van der Waals surface area contributed by atoms with E-state index >= 15 is 0 Å². The first-order valence-electron chi connectivity index (χ1n) is 4.90. The molecule has 0 spiro atoms. The number of benzene rings is 2. The summed E-state index contributed by atoms with van der Waals surface area (Å²) in [6.45, 7) is 0. The molecule has 0 amide bonds. The Balaban J connectivity index is 2.26. The van der Waals surface area contributed by atoms with Crippen LogP contribution in [0.4, 0.5) is 10.1 Å². The Kier molecular flexibility index (Phi) is 3.77. The van der Waals surface area contributed by atoms with Crippen molar-refractivity contribution in [2.24, 2.45) is 4.99 Å². The summed E-state index contributed by atoms with van der Waals surface area (Å²) in [5.41, 5.74) is 1.27. The molecule has 0 aromatic heterocycles. The summed E-state index contributed by atoms with van der Waals surface area (Å²) in [5.74, 6) is -0.295. The molecule has 0 N–H and O–H groups in total. The van der Waals surface area contributed by atoms with E-state index in [1.54, 1.807) is 36.5 Å². The van der Waals surface area contributed by atoms with E-state index in [2.05, 4.69) is 4.99 Å². The molecule has 4 heteroatoms. The van der Waals surface area contributed by atoms with Crippen molar-refractivity contribution >= 4 is 35.1 Å². The average molecular weight is 268 g/mol. The predicted molar refractivity (Wildman–Crippen MR) is 70.1 cm³/mol. The SMILES string of the molecule is Fc1cccc(C=Nc2ccc(Cl)cc2Cl)c1. The van der Waals surface area contributed by atoms with Crippen molar-refractivity contribution in [1.29, 1.82) is 0 Å². The van der Waals surface area contributed by atoms with Gasteiger partial charge in [-0.1, -0.05) is 35.3 Å². The standard InChI is InChI=1S/C13H8Cl2FN/c14-10-4-5-13(12(15)7-10)17-8-9-2-1-3-11(16)6-9/h1-8H. The van der Waals surface area contributed by atoms with Gasteiger partial charge in [-0.25, -0.2) is 4.39 Å². The molecule has 0 aliphatic rings. The van der Waals surface area contributed by atoms with Crippen LogP contribution >= 0.6 is 23.2 Å². The predicted octanol–water partition coefficient (Wildman–Crippen LogP) is 4.88. The number of halogens is 3. The molecule has 0 saturated heterocycles. The van der Waals surface area contributed by atoms with Crippen molar-refractivity contribution < 1.29 is 4.39 Å². The van der Waals surface area contributed by atoms with E-state index in [9.17, 15) is 4.39 Å². The topological polar surface area (TPSA) is 12.4 Å². The van der Waals surface area contributed by atoms with Crippen molar-refractivity contribution in [2.75, 3.05) is 0 Å². The fraction of sp³-hybridized carbons (Fsp3) is 0. The fourth-order valence-corrected chi connectivity index (χ4v) is 1.77. The molecule has 0 saturated carbocycles. The number of rotatable bonds is 2. The Morgan fingerprint density at radius 1 is 1.06 bits per heavy atom. The molecule has 86 valence electrons. The molecule has 0 unspecified atom stereocenters. The second-order valence-corrected chi connectivity index (χ2v) is 4.25. The second kappa shape index (κ2) is 5.30. The second-order valence-electron chi connectivity index (χ2n) is 3.41. The van der Waals surface area contributed by atoms with Crippen LogP contribution in [0.2, 0.25) is 10.0 Å². The van der Waals surface area contributed by atoms with Crippen molar-refractivity contribution in [3.63, 3.8) is 0 Å². The average Bonchev–Trinajstić information content (AvgIpc) is 2.28. The molecule has 0 aliphatic heterocycles. The van der Waals surface area contributed by atoms with E-state index in [0.717, 1.165) is 0 Å². The molecular weight excluding hydrogens is 260 g/mol. The lowest BCUT2D eigenvalue weighted by Crippen LogP contribution is -1.82. The summed E-state index contributed by atoms with van der Waals surface area (Å²) < 4.78 is 12.9. The van der Waals surface area contributed by atoms with E-state index in [0.29, 0.717) is 21.3 Å². The van der Waals surface area contributed by atoms with E-state index in [4.69, 9.17) is 23.2 Å². The number of nitrogens with zero attached hydrogens (tertiary/aromatic N) is 1. The van der Waals surface area contributed by atoms with Crippen molar-refractivity contribution in [3.05, 3.63) is 63.9 Å². The van der Waals surface area contributed by atoms with Crippen LogP contribution in [-0.4, -0.2) is 6.21 Å². The Morgan fingerprint density at radius 2 is 1.88 bits per heavy atom. The minimum Gasteiger partial charge on any atom is -0.255 e. The highest BCUT2D eigenvalue weighted by atomic mass is 35.5. The van der Waals surface area contributed by atoms with Crippen molar-refractivity contribution in [3.8, 4) is 0 Å². The van der Waals surface area contributed by atoms with Gasteiger partial charge in [0.2, 0.25) is 0 Å². The molecule has 2 rings (SSSR count). The molecule has 0 heterocycles. The van der Waals surface area contributed by atoms with Crippen molar-refractivity contribution in [1.82, 2.24) is 0 Å². The van der Waals surface area contributed by atoms with Crippen LogP contribution in [0.3, 0.4) is 0 Å². The number of hydrogen-bond acceptors (Lipinski definition) is 1. The fourth-order valence-electron chi connectivity index (χ4n) is 1.32. The van der Waals surface area contributed by atoms with Crippen LogP contribution < -0.4 is 0 Å². The zero-order chi connectivity index (χ0) is 12.3. The first kappa shape index (κ1) is 12.1. The minimum atomic E-state index is -0.295. The highest BCUT2D eigenvalue weighted by Gasteiger charge is 1.98. The summed E-state index contributed by atoms with van der Waals surface area (Å²) in [7, 11) is 0. The zero-order valence-corrected chi connectivity index (χ0v) is 10.2. The van der Waals surface area contributed by atoms with E-state index < -0.39 is 0 Å². The lowest BCUT2D eigenvalue weighted by Gasteiger charge is -1.98. The van der Waals surface area contributed by atoms with Gasteiger partial charge in [0.25, 0.3) is 0 Å². The highest BCUT2D eigenvalue weighted by Crippen LogP contribution is 2.27. The maximum atomic E-state index is 12.9. The van der Waals surface area contributed by atoms with Gasteiger partial charge in [0.15, 0.2) is 0 Å². The van der Waals surface area contributed by atoms with Crippen LogP contribution in [0.5, 0.6) is 0 Å². The maximum Gasteiger partial charge on any atom is 0.123 e. The summed E-state index contributed by atoms with van der Waals surface area (Å²) in [4.78, 5) is 4.18. The molecular formula is C13H8Cl2FN. The Hall–Kier alpha value is -1.38. The van der Waals surface area contributed by atoms with Crippen LogP contribution in [-0.2, 0) is 0 Å². The normalized spacial score (nSPS) is 11.0. The van der Waals surface area contributed by atoms with Gasteiger partial charge in [-0.15, -0.1) is 0 Å². The highest BCUT2D eigenvalue weighted by molar-refractivity contribution is 6.36.